The molecule has 0 bridgehead atoms. The molecular formula is C27H24N4O5S. The lowest BCUT2D eigenvalue weighted by Crippen LogP contribution is -2.53. The minimum absolute atomic E-state index is 0.140. The number of ketones is 1. The predicted octanol–water partition coefficient (Wildman–Crippen LogP) is 3.18. The number of carboxylic acid groups (broad SMARTS) is 1. The summed E-state index contributed by atoms with van der Waals surface area (Å²) < 4.78 is 6.49. The van der Waals surface area contributed by atoms with Crippen LogP contribution >= 0.6 is 11.3 Å². The highest BCUT2D eigenvalue weighted by Crippen LogP contribution is 2.50. The van der Waals surface area contributed by atoms with E-state index < -0.39 is 35.8 Å². The Morgan fingerprint density at radius 2 is 1.78 bits per heavy atom. The van der Waals surface area contributed by atoms with Crippen molar-refractivity contribution in [2.24, 2.45) is 11.5 Å². The van der Waals surface area contributed by atoms with Crippen LogP contribution in [0.1, 0.15) is 38.0 Å². The Balaban J connectivity index is 1.65. The highest BCUT2D eigenvalue weighted by molar-refractivity contribution is 7.21. The van der Waals surface area contributed by atoms with Crippen molar-refractivity contribution < 1.29 is 24.2 Å². The van der Waals surface area contributed by atoms with E-state index in [0.717, 1.165) is 16.9 Å². The summed E-state index contributed by atoms with van der Waals surface area (Å²) in [6.07, 6.45) is 0. The molecule has 188 valence electrons. The second-order valence-electron chi connectivity index (χ2n) is 8.87. The van der Waals surface area contributed by atoms with Gasteiger partial charge >= 0.3 is 5.97 Å². The summed E-state index contributed by atoms with van der Waals surface area (Å²) in [4.78, 5) is 37.8. The Morgan fingerprint density at radius 3 is 2.46 bits per heavy atom. The van der Waals surface area contributed by atoms with E-state index in [-0.39, 0.29) is 4.88 Å². The molecule has 0 spiro atoms. The Bertz CT molecular complexity index is 1580. The maximum absolute atomic E-state index is 13.9. The van der Waals surface area contributed by atoms with Gasteiger partial charge in [-0.2, -0.15) is 0 Å². The number of carbonyl (C=O) groups excluding carboxylic acids is 2. The number of aliphatic carboxylic acids is 1. The van der Waals surface area contributed by atoms with E-state index in [4.69, 9.17) is 27.0 Å². The Labute approximate surface area is 215 Å². The number of aryl methyl sites for hydroxylation is 1. The van der Waals surface area contributed by atoms with Gasteiger partial charge in [-0.15, -0.1) is 11.3 Å². The molecule has 0 saturated heterocycles. The number of nitrogen functional groups attached to an aromatic ring is 1. The number of para-hydroxylation sites is 1. The molecule has 0 saturated carbocycles. The molecule has 1 aliphatic carbocycles. The maximum atomic E-state index is 13.9. The van der Waals surface area contributed by atoms with Crippen molar-refractivity contribution in [3.05, 3.63) is 87.8 Å². The van der Waals surface area contributed by atoms with Crippen LogP contribution < -0.4 is 27.3 Å². The maximum Gasteiger partial charge on any atom is 0.322 e. The molecule has 2 unspecified atom stereocenters. The molecule has 9 nitrogen and oxygen atoms in total. The van der Waals surface area contributed by atoms with E-state index in [2.05, 4.69) is 5.32 Å². The molecule has 0 aliphatic heterocycles. The number of ether oxygens (including phenoxy) is 1. The summed E-state index contributed by atoms with van der Waals surface area (Å²) in [5.74, 6) is -1.07. The molecule has 1 aromatic heterocycles. The monoisotopic (exact) mass is 516 g/mol. The molecule has 0 fully saturated rings. The molecule has 1 heterocycles. The quantitative estimate of drug-likeness (QED) is 0.243. The highest BCUT2D eigenvalue weighted by Gasteiger charge is 2.49. The minimum atomic E-state index is -1.61. The number of Topliss-reactive ketones (excluding diaryl/α,β-unsaturated/α-hetero) is 1. The van der Waals surface area contributed by atoms with Gasteiger partial charge in [-0.1, -0.05) is 30.3 Å². The van der Waals surface area contributed by atoms with Crippen LogP contribution in [-0.2, 0) is 15.1 Å². The molecule has 2 atom stereocenters. The van der Waals surface area contributed by atoms with Crippen molar-refractivity contribution in [1.82, 2.24) is 5.32 Å². The smallest absolute Gasteiger partial charge is 0.322 e. The molecule has 37 heavy (non-hydrogen) atoms. The van der Waals surface area contributed by atoms with Gasteiger partial charge in [-0.05, 0) is 53.9 Å². The van der Waals surface area contributed by atoms with Gasteiger partial charge in [-0.25, -0.2) is 0 Å². The SMILES string of the molecule is Cc1cc(Oc2ccccc2)ccc1C1(N)C(=O)C(N)c2c(C(=O)NCC(=O)O)sc3c(N)ccc1c23. The van der Waals surface area contributed by atoms with E-state index in [1.165, 1.54) is 0 Å². The van der Waals surface area contributed by atoms with Crippen molar-refractivity contribution >= 4 is 44.8 Å². The number of hydrogen-bond donors (Lipinski definition) is 5. The van der Waals surface area contributed by atoms with Crippen LogP contribution in [0.3, 0.4) is 0 Å². The normalized spacial score (nSPS) is 18.6. The summed E-state index contributed by atoms with van der Waals surface area (Å²) in [6, 6.07) is 16.7. The number of nitrogens with two attached hydrogens (primary N) is 3. The fourth-order valence-corrected chi connectivity index (χ4v) is 6.05. The second-order valence-corrected chi connectivity index (χ2v) is 9.89. The fraction of sp³-hybridized carbons (Fsp3) is 0.148. The van der Waals surface area contributed by atoms with E-state index in [1.807, 2.05) is 37.3 Å². The first-order chi connectivity index (χ1) is 17.6. The first-order valence-corrected chi connectivity index (χ1v) is 12.2. The van der Waals surface area contributed by atoms with Crippen molar-refractivity contribution in [3.8, 4) is 11.5 Å². The van der Waals surface area contributed by atoms with Crippen molar-refractivity contribution in [3.63, 3.8) is 0 Å². The van der Waals surface area contributed by atoms with Gasteiger partial charge < -0.3 is 32.4 Å². The minimum Gasteiger partial charge on any atom is -0.480 e. The third kappa shape index (κ3) is 3.91. The molecule has 3 aromatic carbocycles. The first kappa shape index (κ1) is 24.4. The van der Waals surface area contributed by atoms with Gasteiger partial charge in [0, 0.05) is 16.6 Å². The van der Waals surface area contributed by atoms with E-state index in [1.54, 1.807) is 30.3 Å². The number of carbonyl (C=O) groups is 3. The second kappa shape index (κ2) is 9.00. The molecule has 1 aliphatic rings. The van der Waals surface area contributed by atoms with Crippen LogP contribution in [0, 0.1) is 6.92 Å². The summed E-state index contributed by atoms with van der Waals surface area (Å²) in [7, 11) is 0. The summed E-state index contributed by atoms with van der Waals surface area (Å²) in [6.45, 7) is 1.26. The Kier molecular flexibility index (Phi) is 5.95. The lowest BCUT2D eigenvalue weighted by atomic mass is 9.69. The molecule has 1 amide bonds. The van der Waals surface area contributed by atoms with Gasteiger partial charge in [-0.3, -0.25) is 14.4 Å². The van der Waals surface area contributed by atoms with Crippen molar-refractivity contribution in [2.45, 2.75) is 18.5 Å². The number of benzene rings is 3. The van der Waals surface area contributed by atoms with Crippen LogP contribution in [0.25, 0.3) is 10.1 Å². The average molecular weight is 517 g/mol. The van der Waals surface area contributed by atoms with Crippen LogP contribution in [0.2, 0.25) is 0 Å². The average Bonchev–Trinajstić information content (AvgIpc) is 3.28. The highest BCUT2D eigenvalue weighted by atomic mass is 32.1. The van der Waals surface area contributed by atoms with Crippen LogP contribution in [0.15, 0.2) is 60.7 Å². The zero-order valence-corrected chi connectivity index (χ0v) is 20.6. The number of hydrogen-bond acceptors (Lipinski definition) is 8. The van der Waals surface area contributed by atoms with Crippen LogP contribution in [0.5, 0.6) is 11.5 Å². The van der Waals surface area contributed by atoms with E-state index in [0.29, 0.717) is 44.0 Å². The zero-order valence-electron chi connectivity index (χ0n) is 19.8. The topological polar surface area (TPSA) is 171 Å². The zero-order chi connectivity index (χ0) is 26.5. The lowest BCUT2D eigenvalue weighted by molar-refractivity contribution is -0.135. The van der Waals surface area contributed by atoms with Crippen LogP contribution in [-0.4, -0.2) is 29.3 Å². The molecule has 4 aromatic rings. The Morgan fingerprint density at radius 1 is 1.08 bits per heavy atom. The number of carboxylic acids is 1. The van der Waals surface area contributed by atoms with Crippen molar-refractivity contribution in [2.75, 3.05) is 12.3 Å². The lowest BCUT2D eigenvalue weighted by Gasteiger charge is -2.37. The van der Waals surface area contributed by atoms with Gasteiger partial charge in [0.15, 0.2) is 5.78 Å². The summed E-state index contributed by atoms with van der Waals surface area (Å²) >= 11 is 1.06. The number of rotatable bonds is 6. The third-order valence-corrected chi connectivity index (χ3v) is 7.77. The van der Waals surface area contributed by atoms with Crippen molar-refractivity contribution in [1.29, 1.82) is 0 Å². The van der Waals surface area contributed by atoms with E-state index >= 15 is 0 Å². The summed E-state index contributed by atoms with van der Waals surface area (Å²) in [5, 5.41) is 11.8. The van der Waals surface area contributed by atoms with Crippen LogP contribution in [0.4, 0.5) is 5.69 Å². The molecule has 10 heteroatoms. The fourth-order valence-electron chi connectivity index (χ4n) is 4.83. The number of amides is 1. The van der Waals surface area contributed by atoms with Gasteiger partial charge in [0.2, 0.25) is 0 Å². The predicted molar refractivity (Wildman–Crippen MR) is 141 cm³/mol. The Hall–Kier alpha value is -4.25. The third-order valence-electron chi connectivity index (χ3n) is 6.52. The number of thiophene rings is 1. The van der Waals surface area contributed by atoms with Gasteiger partial charge in [0.1, 0.15) is 23.6 Å². The molecule has 0 radical (unpaired) electrons. The molecular weight excluding hydrogens is 492 g/mol. The molecule has 8 N–H and O–H groups in total. The number of nitrogens with one attached hydrogen (secondary N) is 1. The van der Waals surface area contributed by atoms with Gasteiger partial charge in [0.25, 0.3) is 5.91 Å². The van der Waals surface area contributed by atoms with Gasteiger partial charge in [0.05, 0.1) is 15.6 Å². The standard InChI is InChI=1S/C27H24N4O5S/c1-13-11-15(36-14-5-3-2-4-6-14)7-8-16(13)27(30)17-9-10-18(28)23-20(17)21(22(29)25(27)34)24(37-23)26(35)31-12-19(32)33/h2-11,22H,12,28-30H2,1H3,(H,31,35)(H,32,33). The number of anilines is 1. The largest absolute Gasteiger partial charge is 0.480 e. The summed E-state index contributed by atoms with van der Waals surface area (Å²) in [5.41, 5.74) is 20.5. The first-order valence-electron chi connectivity index (χ1n) is 11.4. The molecule has 5 rings (SSSR count). The van der Waals surface area contributed by atoms with E-state index in [9.17, 15) is 14.4 Å².